The fourth-order valence-electron chi connectivity index (χ4n) is 2.94. The van der Waals surface area contributed by atoms with Gasteiger partial charge in [0.2, 0.25) is 5.58 Å². The van der Waals surface area contributed by atoms with Crippen LogP contribution >= 0.6 is 0 Å². The van der Waals surface area contributed by atoms with Gasteiger partial charge in [0.25, 0.3) is 0 Å². The van der Waals surface area contributed by atoms with E-state index in [0.29, 0.717) is 17.3 Å². The van der Waals surface area contributed by atoms with Crippen molar-refractivity contribution < 1.29 is 4.52 Å². The molecular weight excluding hydrogens is 324 g/mol. The fourth-order valence-corrected chi connectivity index (χ4v) is 2.94. The predicted molar refractivity (Wildman–Crippen MR) is 103 cm³/mol. The molecule has 130 valence electrons. The highest BCUT2D eigenvalue weighted by Gasteiger charge is 2.16. The van der Waals surface area contributed by atoms with Gasteiger partial charge in [-0.3, -0.25) is 0 Å². The lowest BCUT2D eigenvalue weighted by molar-refractivity contribution is 0.459. The second-order valence-corrected chi connectivity index (χ2v) is 6.49. The Labute approximate surface area is 152 Å². The van der Waals surface area contributed by atoms with Gasteiger partial charge in [-0.2, -0.15) is 0 Å². The molecule has 1 N–H and O–H groups in total. The third-order valence-electron chi connectivity index (χ3n) is 4.53. The molecule has 2 heterocycles. The number of fused-ring (bicyclic) bond motifs is 1. The number of nitrogens with one attached hydrogen (secondary N) is 1. The molecule has 4 aromatic rings. The highest BCUT2D eigenvalue weighted by Crippen LogP contribution is 2.29. The fraction of sp³-hybridized carbons (Fsp3) is 0.190. The van der Waals surface area contributed by atoms with Crippen LogP contribution in [0.4, 0.5) is 5.82 Å². The van der Waals surface area contributed by atoms with Crippen LogP contribution in [-0.4, -0.2) is 21.7 Å². The van der Waals surface area contributed by atoms with E-state index in [4.69, 9.17) is 4.52 Å². The van der Waals surface area contributed by atoms with Crippen molar-refractivity contribution >= 4 is 16.9 Å². The quantitative estimate of drug-likeness (QED) is 0.563. The van der Waals surface area contributed by atoms with Gasteiger partial charge in [0.05, 0.1) is 0 Å². The lowest BCUT2D eigenvalue weighted by Gasteiger charge is -2.13. The van der Waals surface area contributed by atoms with E-state index in [1.165, 1.54) is 11.1 Å². The van der Waals surface area contributed by atoms with Crippen molar-refractivity contribution in [2.45, 2.75) is 19.8 Å². The van der Waals surface area contributed by atoms with Gasteiger partial charge in [-0.25, -0.2) is 9.97 Å². The molecule has 0 spiro atoms. The molecule has 5 nitrogen and oxygen atoms in total. The number of aryl methyl sites for hydroxylation is 1. The number of hydrogen-bond donors (Lipinski definition) is 1. The van der Waals surface area contributed by atoms with Gasteiger partial charge in [0, 0.05) is 12.1 Å². The first-order valence-electron chi connectivity index (χ1n) is 8.68. The van der Waals surface area contributed by atoms with Gasteiger partial charge in [0.15, 0.2) is 5.82 Å². The Bertz CT molecular complexity index is 1010. The summed E-state index contributed by atoms with van der Waals surface area (Å²) in [5.41, 5.74) is 5.51. The van der Waals surface area contributed by atoms with E-state index in [2.05, 4.69) is 70.7 Å². The average Bonchev–Trinajstić information content (AvgIpc) is 3.12. The van der Waals surface area contributed by atoms with Crippen molar-refractivity contribution in [1.82, 2.24) is 15.1 Å². The van der Waals surface area contributed by atoms with Gasteiger partial charge >= 0.3 is 0 Å². The molecule has 26 heavy (non-hydrogen) atoms. The van der Waals surface area contributed by atoms with E-state index in [0.717, 1.165) is 23.3 Å². The average molecular weight is 344 g/mol. The van der Waals surface area contributed by atoms with E-state index in [1.807, 2.05) is 18.2 Å². The predicted octanol–water partition coefficient (Wildman–Crippen LogP) is 4.81. The van der Waals surface area contributed by atoms with Crippen LogP contribution in [0, 0.1) is 6.92 Å². The van der Waals surface area contributed by atoms with E-state index >= 15 is 0 Å². The summed E-state index contributed by atoms with van der Waals surface area (Å²) in [5, 5.41) is 7.60. The molecule has 0 aliphatic carbocycles. The standard InChI is InChI=1S/C21H20N4O/c1-14-8-10-17(11-9-14)18-19-20(26-25-18)21(24-13-23-19)22-12-15(2)16-6-4-3-5-7-16/h3-11,13,15H,12H2,1-2H3,(H,22,23,24)/t15-/m1/s1. The minimum atomic E-state index is 0.348. The van der Waals surface area contributed by atoms with Crippen LogP contribution < -0.4 is 5.32 Å². The normalized spacial score (nSPS) is 12.2. The molecule has 1 atom stereocenters. The molecule has 0 fully saturated rings. The van der Waals surface area contributed by atoms with Crippen LogP contribution in [0.25, 0.3) is 22.4 Å². The zero-order valence-electron chi connectivity index (χ0n) is 14.8. The summed E-state index contributed by atoms with van der Waals surface area (Å²) in [4.78, 5) is 8.72. The van der Waals surface area contributed by atoms with Crippen LogP contribution in [0.3, 0.4) is 0 Å². The van der Waals surface area contributed by atoms with Gasteiger partial charge in [-0.1, -0.05) is 72.2 Å². The third kappa shape index (κ3) is 3.16. The molecular formula is C21H20N4O. The van der Waals surface area contributed by atoms with Crippen molar-refractivity contribution in [3.05, 3.63) is 72.1 Å². The molecule has 0 aliphatic heterocycles. The van der Waals surface area contributed by atoms with Crippen LogP contribution in [0.5, 0.6) is 0 Å². The molecule has 0 bridgehead atoms. The van der Waals surface area contributed by atoms with E-state index in [-0.39, 0.29) is 0 Å². The zero-order valence-corrected chi connectivity index (χ0v) is 14.8. The zero-order chi connectivity index (χ0) is 17.9. The molecule has 0 radical (unpaired) electrons. The Hall–Kier alpha value is -3.21. The highest BCUT2D eigenvalue weighted by atomic mass is 16.5. The number of benzene rings is 2. The van der Waals surface area contributed by atoms with Gasteiger partial charge in [-0.15, -0.1) is 0 Å². The Kier molecular flexibility index (Phi) is 4.35. The van der Waals surface area contributed by atoms with Crippen molar-refractivity contribution in [1.29, 1.82) is 0 Å². The van der Waals surface area contributed by atoms with Gasteiger partial charge < -0.3 is 9.84 Å². The summed E-state index contributed by atoms with van der Waals surface area (Å²) < 4.78 is 5.57. The molecule has 2 aromatic heterocycles. The Morgan fingerprint density at radius 3 is 2.54 bits per heavy atom. The summed E-state index contributed by atoms with van der Waals surface area (Å²) in [5.74, 6) is 1.02. The van der Waals surface area contributed by atoms with E-state index < -0.39 is 0 Å². The van der Waals surface area contributed by atoms with Crippen LogP contribution in [0.15, 0.2) is 65.4 Å². The minimum absolute atomic E-state index is 0.348. The number of hydrogen-bond acceptors (Lipinski definition) is 5. The first-order chi connectivity index (χ1) is 12.7. The summed E-state index contributed by atoms with van der Waals surface area (Å²) >= 11 is 0. The third-order valence-corrected chi connectivity index (χ3v) is 4.53. The second-order valence-electron chi connectivity index (χ2n) is 6.49. The lowest BCUT2D eigenvalue weighted by atomic mass is 10.0. The maximum Gasteiger partial charge on any atom is 0.228 e. The summed E-state index contributed by atoms with van der Waals surface area (Å²) in [7, 11) is 0. The van der Waals surface area contributed by atoms with Crippen LogP contribution in [-0.2, 0) is 0 Å². The largest absolute Gasteiger partial charge is 0.366 e. The van der Waals surface area contributed by atoms with Crippen LogP contribution in [0.2, 0.25) is 0 Å². The van der Waals surface area contributed by atoms with E-state index in [1.54, 1.807) is 6.33 Å². The van der Waals surface area contributed by atoms with Gasteiger partial charge in [-0.05, 0) is 18.4 Å². The van der Waals surface area contributed by atoms with E-state index in [9.17, 15) is 0 Å². The van der Waals surface area contributed by atoms with Crippen molar-refractivity contribution in [2.24, 2.45) is 0 Å². The monoisotopic (exact) mass is 344 g/mol. The van der Waals surface area contributed by atoms with Crippen LogP contribution in [0.1, 0.15) is 24.0 Å². The first kappa shape index (κ1) is 16.3. The Morgan fingerprint density at radius 1 is 1.00 bits per heavy atom. The van der Waals surface area contributed by atoms with Gasteiger partial charge in [0.1, 0.15) is 17.5 Å². The highest BCUT2D eigenvalue weighted by molar-refractivity contribution is 5.93. The Morgan fingerprint density at radius 2 is 1.77 bits per heavy atom. The van der Waals surface area contributed by atoms with Crippen molar-refractivity contribution in [2.75, 3.05) is 11.9 Å². The topological polar surface area (TPSA) is 63.8 Å². The number of anilines is 1. The minimum Gasteiger partial charge on any atom is -0.366 e. The molecule has 5 heteroatoms. The number of nitrogens with zero attached hydrogens (tertiary/aromatic N) is 3. The molecule has 0 aliphatic rings. The van der Waals surface area contributed by atoms with Crippen molar-refractivity contribution in [3.8, 4) is 11.3 Å². The second kappa shape index (κ2) is 6.96. The maximum absolute atomic E-state index is 5.57. The summed E-state index contributed by atoms with van der Waals surface area (Å²) in [6.07, 6.45) is 1.55. The lowest BCUT2D eigenvalue weighted by Crippen LogP contribution is -2.11. The van der Waals surface area contributed by atoms with Crippen molar-refractivity contribution in [3.63, 3.8) is 0 Å². The number of aromatic nitrogens is 3. The summed E-state index contributed by atoms with van der Waals surface area (Å²) in [6.45, 7) is 4.98. The Balaban J connectivity index is 1.60. The molecule has 0 unspecified atom stereocenters. The molecule has 0 saturated carbocycles. The molecule has 4 rings (SSSR count). The smallest absolute Gasteiger partial charge is 0.228 e. The molecule has 0 amide bonds. The SMILES string of the molecule is Cc1ccc(-c2noc3c(NC[C@@H](C)c4ccccc4)ncnc23)cc1. The number of rotatable bonds is 5. The molecule has 2 aromatic carbocycles. The molecule has 0 saturated heterocycles. The first-order valence-corrected chi connectivity index (χ1v) is 8.68. The maximum atomic E-state index is 5.57. The summed E-state index contributed by atoms with van der Waals surface area (Å²) in [6, 6.07) is 18.6.